The molecular weight excluding hydrogens is 404 g/mol. The van der Waals surface area contributed by atoms with Crippen LogP contribution in [0.5, 0.6) is 0 Å². The molecule has 3 heterocycles. The molecule has 33 heavy (non-hydrogen) atoms. The summed E-state index contributed by atoms with van der Waals surface area (Å²) in [4.78, 5) is 2.50. The van der Waals surface area contributed by atoms with Gasteiger partial charge < -0.3 is 9.32 Å². The molecule has 1 aromatic heterocycles. The normalized spacial score (nSPS) is 17.9. The molecule has 2 aliphatic heterocycles. The SMILES string of the molecule is C1=CC2=[N+](c3ccc4oc5ccccc5c4c3)c3ccccc3N3c4ccccc4C(=C1)C23. The molecule has 0 radical (unpaired) electrons. The zero-order chi connectivity index (χ0) is 21.5. The van der Waals surface area contributed by atoms with E-state index in [0.29, 0.717) is 0 Å². The Hall–Kier alpha value is -4.37. The van der Waals surface area contributed by atoms with Crippen molar-refractivity contribution in [2.75, 3.05) is 4.90 Å². The Morgan fingerprint density at radius 1 is 0.727 bits per heavy atom. The molecule has 8 rings (SSSR count). The summed E-state index contributed by atoms with van der Waals surface area (Å²) < 4.78 is 8.52. The molecule has 1 atom stereocenters. The lowest BCUT2D eigenvalue weighted by Crippen LogP contribution is -2.43. The Labute approximate surface area is 190 Å². The first-order valence-electron chi connectivity index (χ1n) is 11.3. The minimum Gasteiger partial charge on any atom is -0.456 e. The summed E-state index contributed by atoms with van der Waals surface area (Å²) in [6, 6.07) is 32.5. The van der Waals surface area contributed by atoms with Crippen molar-refractivity contribution in [3.8, 4) is 0 Å². The highest BCUT2D eigenvalue weighted by Gasteiger charge is 2.48. The van der Waals surface area contributed by atoms with Crippen molar-refractivity contribution in [1.29, 1.82) is 0 Å². The van der Waals surface area contributed by atoms with Gasteiger partial charge in [0.15, 0.2) is 0 Å². The van der Waals surface area contributed by atoms with E-state index in [1.165, 1.54) is 33.9 Å². The number of fused-ring (bicyclic) bond motifs is 8. The van der Waals surface area contributed by atoms with E-state index in [0.717, 1.165) is 27.6 Å². The van der Waals surface area contributed by atoms with E-state index in [4.69, 9.17) is 4.42 Å². The van der Waals surface area contributed by atoms with Gasteiger partial charge >= 0.3 is 0 Å². The number of para-hydroxylation sites is 4. The van der Waals surface area contributed by atoms with Crippen LogP contribution >= 0.6 is 0 Å². The van der Waals surface area contributed by atoms with Crippen molar-refractivity contribution >= 4 is 56.0 Å². The summed E-state index contributed by atoms with van der Waals surface area (Å²) in [6.45, 7) is 0. The Morgan fingerprint density at radius 3 is 2.48 bits per heavy atom. The summed E-state index contributed by atoms with van der Waals surface area (Å²) in [5, 5.41) is 2.30. The van der Waals surface area contributed by atoms with Crippen LogP contribution in [0.4, 0.5) is 22.7 Å². The molecule has 5 aromatic rings. The zero-order valence-electron chi connectivity index (χ0n) is 17.8. The molecule has 154 valence electrons. The zero-order valence-corrected chi connectivity index (χ0v) is 17.8. The number of nitrogens with zero attached hydrogens (tertiary/aromatic N) is 2. The van der Waals surface area contributed by atoms with Crippen molar-refractivity contribution in [2.45, 2.75) is 6.04 Å². The second kappa shape index (κ2) is 6.11. The van der Waals surface area contributed by atoms with Gasteiger partial charge in [0.1, 0.15) is 22.9 Å². The monoisotopic (exact) mass is 423 g/mol. The van der Waals surface area contributed by atoms with Crippen molar-refractivity contribution in [1.82, 2.24) is 4.58 Å². The molecule has 3 heteroatoms. The maximum Gasteiger partial charge on any atom is 0.235 e. The van der Waals surface area contributed by atoms with Crippen molar-refractivity contribution in [2.24, 2.45) is 0 Å². The van der Waals surface area contributed by atoms with Crippen molar-refractivity contribution in [3.63, 3.8) is 0 Å². The molecule has 0 saturated carbocycles. The summed E-state index contributed by atoms with van der Waals surface area (Å²) in [5.41, 5.74) is 10.6. The van der Waals surface area contributed by atoms with Crippen LogP contribution in [0.2, 0.25) is 0 Å². The third-order valence-corrected chi connectivity index (χ3v) is 7.11. The number of hydrogen-bond acceptors (Lipinski definition) is 2. The lowest BCUT2D eigenvalue weighted by atomic mass is 9.92. The number of allylic oxidation sites excluding steroid dienone is 2. The number of rotatable bonds is 1. The van der Waals surface area contributed by atoms with Gasteiger partial charge in [0.2, 0.25) is 17.1 Å². The summed E-state index contributed by atoms with van der Waals surface area (Å²) in [6.07, 6.45) is 6.72. The van der Waals surface area contributed by atoms with Crippen LogP contribution in [0.1, 0.15) is 5.56 Å². The largest absolute Gasteiger partial charge is 0.456 e. The van der Waals surface area contributed by atoms with E-state index in [-0.39, 0.29) is 6.04 Å². The van der Waals surface area contributed by atoms with Gasteiger partial charge in [-0.25, -0.2) is 0 Å². The number of furan rings is 1. The first-order valence-corrected chi connectivity index (χ1v) is 11.3. The average molecular weight is 423 g/mol. The van der Waals surface area contributed by atoms with Gasteiger partial charge in [-0.05, 0) is 29.8 Å². The summed E-state index contributed by atoms with van der Waals surface area (Å²) in [7, 11) is 0. The van der Waals surface area contributed by atoms with E-state index in [2.05, 4.69) is 107 Å². The Bertz CT molecular complexity index is 1730. The number of benzene rings is 4. The van der Waals surface area contributed by atoms with Crippen LogP contribution in [-0.2, 0) is 0 Å². The van der Waals surface area contributed by atoms with Crippen LogP contribution < -0.4 is 9.48 Å². The molecule has 4 aromatic carbocycles. The molecule has 0 fully saturated rings. The highest BCUT2D eigenvalue weighted by atomic mass is 16.3. The van der Waals surface area contributed by atoms with Crippen LogP contribution in [0.3, 0.4) is 0 Å². The first kappa shape index (κ1) is 17.2. The van der Waals surface area contributed by atoms with Gasteiger partial charge in [0.25, 0.3) is 0 Å². The maximum atomic E-state index is 6.10. The minimum absolute atomic E-state index is 0.166. The van der Waals surface area contributed by atoms with Gasteiger partial charge in [-0.15, -0.1) is 0 Å². The maximum absolute atomic E-state index is 6.10. The van der Waals surface area contributed by atoms with Crippen molar-refractivity contribution in [3.05, 3.63) is 115 Å². The van der Waals surface area contributed by atoms with E-state index in [1.54, 1.807) is 0 Å². The average Bonchev–Trinajstić information content (AvgIpc) is 3.41. The molecule has 3 aliphatic rings. The number of hydrogen-bond donors (Lipinski definition) is 0. The summed E-state index contributed by atoms with van der Waals surface area (Å²) in [5.74, 6) is 0. The van der Waals surface area contributed by atoms with E-state index in [9.17, 15) is 0 Å². The fraction of sp³-hybridized carbons (Fsp3) is 0.0333. The lowest BCUT2D eigenvalue weighted by Gasteiger charge is -2.32. The predicted molar refractivity (Wildman–Crippen MR) is 136 cm³/mol. The Morgan fingerprint density at radius 2 is 1.52 bits per heavy atom. The molecule has 1 aliphatic carbocycles. The highest BCUT2D eigenvalue weighted by Crippen LogP contribution is 2.52. The smallest absolute Gasteiger partial charge is 0.235 e. The second-order valence-corrected chi connectivity index (χ2v) is 8.80. The molecule has 0 N–H and O–H groups in total. The van der Waals surface area contributed by atoms with Gasteiger partial charge in [0, 0.05) is 40.6 Å². The van der Waals surface area contributed by atoms with Gasteiger partial charge in [-0.2, -0.15) is 4.58 Å². The van der Waals surface area contributed by atoms with Gasteiger partial charge in [-0.1, -0.05) is 60.7 Å². The molecule has 3 nitrogen and oxygen atoms in total. The third-order valence-electron chi connectivity index (χ3n) is 7.11. The standard InChI is InChI=1S/C30H19N2O/c1-3-11-24-20(8-1)22-10-7-14-27-30(22)32(24)26-13-5-4-12-25(26)31(27)19-16-17-29-23(18-19)21-9-2-6-15-28(21)33-29/h1-18,30H/q+1. The molecule has 0 spiro atoms. The van der Waals surface area contributed by atoms with Crippen LogP contribution in [0.25, 0.3) is 27.5 Å². The van der Waals surface area contributed by atoms with Crippen LogP contribution in [0, 0.1) is 0 Å². The second-order valence-electron chi connectivity index (χ2n) is 8.80. The molecule has 0 amide bonds. The van der Waals surface area contributed by atoms with Gasteiger partial charge in [0.05, 0.1) is 5.69 Å². The molecule has 1 unspecified atom stereocenters. The van der Waals surface area contributed by atoms with Gasteiger partial charge in [-0.3, -0.25) is 0 Å². The lowest BCUT2D eigenvalue weighted by molar-refractivity contribution is 0.669. The molecule has 0 bridgehead atoms. The Balaban J connectivity index is 1.45. The fourth-order valence-electron chi connectivity index (χ4n) is 5.77. The topological polar surface area (TPSA) is 19.4 Å². The first-order chi connectivity index (χ1) is 16.4. The third kappa shape index (κ3) is 2.16. The molecule has 0 saturated heterocycles. The number of anilines is 2. The molecular formula is C30H19N2O+. The highest BCUT2D eigenvalue weighted by molar-refractivity contribution is 6.21. The van der Waals surface area contributed by atoms with Crippen LogP contribution in [0.15, 0.2) is 114 Å². The van der Waals surface area contributed by atoms with E-state index >= 15 is 0 Å². The quantitative estimate of drug-likeness (QED) is 0.263. The van der Waals surface area contributed by atoms with Crippen LogP contribution in [-0.4, -0.2) is 11.8 Å². The fourth-order valence-corrected chi connectivity index (χ4v) is 5.77. The summed E-state index contributed by atoms with van der Waals surface area (Å²) >= 11 is 0. The predicted octanol–water partition coefficient (Wildman–Crippen LogP) is 7.35. The Kier molecular flexibility index (Phi) is 3.19. The van der Waals surface area contributed by atoms with E-state index in [1.807, 2.05) is 12.1 Å². The van der Waals surface area contributed by atoms with Crippen molar-refractivity contribution < 1.29 is 4.42 Å². The minimum atomic E-state index is 0.166. The van der Waals surface area contributed by atoms with E-state index < -0.39 is 0 Å².